The first-order chi connectivity index (χ1) is 16.2. The van der Waals surface area contributed by atoms with Gasteiger partial charge in [0.1, 0.15) is 5.60 Å². The molecule has 1 amide bonds. The van der Waals surface area contributed by atoms with E-state index >= 15 is 0 Å². The van der Waals surface area contributed by atoms with Crippen molar-refractivity contribution in [2.45, 2.75) is 69.7 Å². The Bertz CT molecular complexity index is 1170. The summed E-state index contributed by atoms with van der Waals surface area (Å²) in [6.07, 6.45) is -4.20. The molecular formula is C25H31F3N2O4S. The Balaban J connectivity index is 1.82. The van der Waals surface area contributed by atoms with Gasteiger partial charge in [-0.15, -0.1) is 0 Å². The van der Waals surface area contributed by atoms with Gasteiger partial charge in [0, 0.05) is 19.1 Å². The van der Waals surface area contributed by atoms with Crippen LogP contribution in [0.3, 0.4) is 0 Å². The number of rotatable bonds is 5. The molecule has 10 heteroatoms. The van der Waals surface area contributed by atoms with E-state index in [1.165, 1.54) is 11.0 Å². The number of hydrogen-bond donors (Lipinski definition) is 1. The average molecular weight is 513 g/mol. The molecule has 0 atom stereocenters. The van der Waals surface area contributed by atoms with Crippen LogP contribution >= 0.6 is 0 Å². The van der Waals surface area contributed by atoms with E-state index in [1.807, 2.05) is 19.1 Å². The first kappa shape index (κ1) is 27.0. The largest absolute Gasteiger partial charge is 0.444 e. The van der Waals surface area contributed by atoms with Gasteiger partial charge in [0.2, 0.25) is 10.0 Å². The van der Waals surface area contributed by atoms with E-state index in [4.69, 9.17) is 4.74 Å². The lowest BCUT2D eigenvalue weighted by Crippen LogP contribution is -2.47. The Morgan fingerprint density at radius 2 is 1.71 bits per heavy atom. The minimum Gasteiger partial charge on any atom is -0.444 e. The molecule has 3 rings (SSSR count). The van der Waals surface area contributed by atoms with Gasteiger partial charge in [-0.2, -0.15) is 13.2 Å². The molecule has 0 unspecified atom stereocenters. The standard InChI is InChI=1S/C25H31F3N2O4S/c1-5-17-8-6-7-9-20(17)18-10-11-22(21(16-18)25(26,27)28)35(32,33)29-19-12-14-30(15-13-19)23(31)34-24(2,3)4/h6-11,16,19,29H,5,12-15H2,1-4H3. The molecule has 0 bridgehead atoms. The molecule has 1 fully saturated rings. The maximum atomic E-state index is 14.0. The SMILES string of the molecule is CCc1ccccc1-c1ccc(S(=O)(=O)NC2CCN(C(=O)OC(C)(C)C)CC2)c(C(F)(F)F)c1. The summed E-state index contributed by atoms with van der Waals surface area (Å²) in [6.45, 7) is 7.62. The molecule has 6 nitrogen and oxygen atoms in total. The molecule has 0 spiro atoms. The Morgan fingerprint density at radius 1 is 1.09 bits per heavy atom. The average Bonchev–Trinajstić information content (AvgIpc) is 2.77. The number of alkyl halides is 3. The van der Waals surface area contributed by atoms with Crippen molar-refractivity contribution in [1.29, 1.82) is 0 Å². The molecule has 0 saturated carbocycles. The van der Waals surface area contributed by atoms with Crippen LogP contribution in [0.15, 0.2) is 47.4 Å². The quantitative estimate of drug-likeness (QED) is 0.565. The number of piperidine rings is 1. The fraction of sp³-hybridized carbons (Fsp3) is 0.480. The van der Waals surface area contributed by atoms with Crippen LogP contribution in [-0.4, -0.2) is 44.1 Å². The lowest BCUT2D eigenvalue weighted by Gasteiger charge is -2.33. The summed E-state index contributed by atoms with van der Waals surface area (Å²) in [6, 6.07) is 9.82. The molecule has 2 aromatic carbocycles. The van der Waals surface area contributed by atoms with Crippen LogP contribution in [0.1, 0.15) is 51.7 Å². The van der Waals surface area contributed by atoms with Gasteiger partial charge >= 0.3 is 12.3 Å². The molecule has 2 aromatic rings. The van der Waals surface area contributed by atoms with Crippen molar-refractivity contribution in [3.63, 3.8) is 0 Å². The van der Waals surface area contributed by atoms with Crippen LogP contribution in [0.25, 0.3) is 11.1 Å². The van der Waals surface area contributed by atoms with E-state index in [0.717, 1.165) is 17.7 Å². The predicted molar refractivity (Wildman–Crippen MR) is 127 cm³/mol. The van der Waals surface area contributed by atoms with Crippen molar-refractivity contribution < 1.29 is 31.1 Å². The predicted octanol–water partition coefficient (Wildman–Crippen LogP) is 5.61. The summed E-state index contributed by atoms with van der Waals surface area (Å²) in [5.74, 6) is 0. The summed E-state index contributed by atoms with van der Waals surface area (Å²) >= 11 is 0. The molecule has 1 heterocycles. The summed E-state index contributed by atoms with van der Waals surface area (Å²) in [4.78, 5) is 12.9. The van der Waals surface area contributed by atoms with Crippen LogP contribution in [0.2, 0.25) is 0 Å². The second kappa shape index (κ2) is 10.2. The number of benzene rings is 2. The van der Waals surface area contributed by atoms with Crippen molar-refractivity contribution in [2.75, 3.05) is 13.1 Å². The van der Waals surface area contributed by atoms with E-state index < -0.39 is 44.4 Å². The van der Waals surface area contributed by atoms with E-state index in [0.29, 0.717) is 17.5 Å². The monoisotopic (exact) mass is 512 g/mol. The molecule has 1 N–H and O–H groups in total. The number of carbonyl (C=O) groups is 1. The van der Waals surface area contributed by atoms with Gasteiger partial charge in [-0.1, -0.05) is 37.3 Å². The number of sulfonamides is 1. The van der Waals surface area contributed by atoms with Crippen molar-refractivity contribution in [2.24, 2.45) is 0 Å². The smallest absolute Gasteiger partial charge is 0.417 e. The van der Waals surface area contributed by atoms with Gasteiger partial charge in [-0.05, 0) is 68.9 Å². The normalized spacial score (nSPS) is 15.8. The van der Waals surface area contributed by atoms with Gasteiger partial charge in [-0.3, -0.25) is 0 Å². The first-order valence-corrected chi connectivity index (χ1v) is 13.0. The third-order valence-electron chi connectivity index (χ3n) is 5.75. The summed E-state index contributed by atoms with van der Waals surface area (Å²) in [5, 5.41) is 0. The Morgan fingerprint density at radius 3 is 2.29 bits per heavy atom. The van der Waals surface area contributed by atoms with Gasteiger partial charge < -0.3 is 9.64 Å². The zero-order valence-electron chi connectivity index (χ0n) is 20.3. The van der Waals surface area contributed by atoms with E-state index in [2.05, 4.69) is 4.72 Å². The minimum absolute atomic E-state index is 0.237. The number of carbonyl (C=O) groups excluding carboxylic acids is 1. The lowest BCUT2D eigenvalue weighted by atomic mass is 9.97. The molecular weight excluding hydrogens is 481 g/mol. The van der Waals surface area contributed by atoms with Crippen LogP contribution in [0.4, 0.5) is 18.0 Å². The molecule has 1 aliphatic rings. The molecule has 0 radical (unpaired) electrons. The highest BCUT2D eigenvalue weighted by molar-refractivity contribution is 7.89. The highest BCUT2D eigenvalue weighted by Crippen LogP contribution is 2.38. The number of likely N-dealkylation sites (tertiary alicyclic amines) is 1. The van der Waals surface area contributed by atoms with Gasteiger partial charge in [0.05, 0.1) is 10.5 Å². The fourth-order valence-electron chi connectivity index (χ4n) is 4.05. The summed E-state index contributed by atoms with van der Waals surface area (Å²) in [5.41, 5.74) is -0.0649. The van der Waals surface area contributed by atoms with Crippen LogP contribution in [-0.2, 0) is 27.4 Å². The molecule has 35 heavy (non-hydrogen) atoms. The molecule has 1 aliphatic heterocycles. The second-order valence-electron chi connectivity index (χ2n) is 9.58. The third-order valence-corrected chi connectivity index (χ3v) is 7.33. The van der Waals surface area contributed by atoms with E-state index in [-0.39, 0.29) is 25.9 Å². The van der Waals surface area contributed by atoms with Gasteiger partial charge in [0.15, 0.2) is 0 Å². The van der Waals surface area contributed by atoms with Crippen molar-refractivity contribution in [1.82, 2.24) is 9.62 Å². The maximum absolute atomic E-state index is 14.0. The highest BCUT2D eigenvalue weighted by atomic mass is 32.2. The Kier molecular flexibility index (Phi) is 7.86. The number of halogens is 3. The third kappa shape index (κ3) is 6.76. The van der Waals surface area contributed by atoms with Crippen LogP contribution in [0, 0.1) is 0 Å². The van der Waals surface area contributed by atoms with Crippen LogP contribution < -0.4 is 4.72 Å². The Labute approximate surface area is 204 Å². The van der Waals surface area contributed by atoms with Crippen molar-refractivity contribution in [3.05, 3.63) is 53.6 Å². The first-order valence-electron chi connectivity index (χ1n) is 11.5. The topological polar surface area (TPSA) is 75.7 Å². The Hall–Kier alpha value is -2.59. The van der Waals surface area contributed by atoms with Gasteiger partial charge in [-0.25, -0.2) is 17.9 Å². The number of ether oxygens (including phenoxy) is 1. The number of nitrogens with one attached hydrogen (secondary N) is 1. The number of amides is 1. The fourth-order valence-corrected chi connectivity index (χ4v) is 5.57. The summed E-state index contributed by atoms with van der Waals surface area (Å²) in [7, 11) is -4.46. The number of aryl methyl sites for hydroxylation is 1. The van der Waals surface area contributed by atoms with Crippen LogP contribution in [0.5, 0.6) is 0 Å². The zero-order chi connectivity index (χ0) is 26.0. The highest BCUT2D eigenvalue weighted by Gasteiger charge is 2.39. The van der Waals surface area contributed by atoms with Crippen molar-refractivity contribution in [3.8, 4) is 11.1 Å². The molecule has 1 saturated heterocycles. The van der Waals surface area contributed by atoms with Gasteiger partial charge in [0.25, 0.3) is 0 Å². The molecule has 0 aliphatic carbocycles. The number of hydrogen-bond acceptors (Lipinski definition) is 4. The second-order valence-corrected chi connectivity index (χ2v) is 11.3. The molecule has 0 aromatic heterocycles. The number of nitrogens with zero attached hydrogens (tertiary/aromatic N) is 1. The van der Waals surface area contributed by atoms with Crippen molar-refractivity contribution >= 4 is 16.1 Å². The summed E-state index contributed by atoms with van der Waals surface area (Å²) < 4.78 is 75.7. The lowest BCUT2D eigenvalue weighted by molar-refractivity contribution is -0.139. The zero-order valence-corrected chi connectivity index (χ0v) is 21.1. The maximum Gasteiger partial charge on any atom is 0.417 e. The van der Waals surface area contributed by atoms with E-state index in [9.17, 15) is 26.4 Å². The minimum atomic E-state index is -4.86. The molecule has 192 valence electrons. The van der Waals surface area contributed by atoms with E-state index in [1.54, 1.807) is 32.9 Å².